The van der Waals surface area contributed by atoms with E-state index >= 15 is 0 Å². The second kappa shape index (κ2) is 6.61. The molecule has 0 saturated heterocycles. The van der Waals surface area contributed by atoms with Gasteiger partial charge in [-0.2, -0.15) is 0 Å². The lowest BCUT2D eigenvalue weighted by Crippen LogP contribution is -2.06. The Kier molecular flexibility index (Phi) is 5.42. The van der Waals surface area contributed by atoms with Crippen molar-refractivity contribution < 1.29 is 14.6 Å². The third-order valence-electron chi connectivity index (χ3n) is 3.02. The zero-order valence-electron chi connectivity index (χ0n) is 11.5. The van der Waals surface area contributed by atoms with Gasteiger partial charge in [0.05, 0.1) is 12.8 Å². The quantitative estimate of drug-likeness (QED) is 0.813. The number of benzene rings is 1. The van der Waals surface area contributed by atoms with Crippen molar-refractivity contribution in [1.29, 1.82) is 0 Å². The number of hydrogen-bond acceptors (Lipinski definition) is 3. The summed E-state index contributed by atoms with van der Waals surface area (Å²) in [6.45, 7) is 6.44. The molecule has 2 N–H and O–H groups in total. The van der Waals surface area contributed by atoms with Gasteiger partial charge in [0.1, 0.15) is 5.75 Å². The molecule has 1 aromatic carbocycles. The normalized spacial score (nSPS) is 10.8. The van der Waals surface area contributed by atoms with Crippen molar-refractivity contribution in [3.05, 3.63) is 33.3 Å². The van der Waals surface area contributed by atoms with E-state index in [1.807, 2.05) is 20.8 Å². The van der Waals surface area contributed by atoms with Crippen molar-refractivity contribution in [2.24, 2.45) is 0 Å². The first-order chi connectivity index (χ1) is 8.90. The molecule has 0 heterocycles. The van der Waals surface area contributed by atoms with Crippen LogP contribution in [0.25, 0.3) is 0 Å². The minimum Gasteiger partial charge on any atom is -0.494 e. The highest BCUT2D eigenvalue weighted by atomic mass is 79.9. The van der Waals surface area contributed by atoms with Crippen LogP contribution < -0.4 is 10.1 Å². The molecule has 0 aliphatic rings. The summed E-state index contributed by atoms with van der Waals surface area (Å²) in [5, 5.41) is 11.7. The predicted octanol–water partition coefficient (Wildman–Crippen LogP) is 3.44. The lowest BCUT2D eigenvalue weighted by Gasteiger charge is -2.19. The van der Waals surface area contributed by atoms with Crippen molar-refractivity contribution in [3.8, 4) is 5.75 Å². The molecule has 0 aliphatic carbocycles. The monoisotopic (exact) mass is 327 g/mol. The molecule has 0 aromatic heterocycles. The van der Waals surface area contributed by atoms with Gasteiger partial charge >= 0.3 is 5.97 Å². The zero-order chi connectivity index (χ0) is 14.6. The molecule has 1 rings (SSSR count). The minimum atomic E-state index is -0.952. The summed E-state index contributed by atoms with van der Waals surface area (Å²) in [5.74, 6) is -0.159. The molecule has 19 heavy (non-hydrogen) atoms. The van der Waals surface area contributed by atoms with E-state index in [0.717, 1.165) is 38.7 Å². The Morgan fingerprint density at radius 1 is 1.32 bits per heavy atom. The summed E-state index contributed by atoms with van der Waals surface area (Å²) < 4.78 is 6.48. The maximum atomic E-state index is 10.4. The molecular formula is C14H18BrNO3. The third kappa shape index (κ3) is 3.50. The fourth-order valence-corrected chi connectivity index (χ4v) is 2.37. The van der Waals surface area contributed by atoms with Gasteiger partial charge in [-0.3, -0.25) is 0 Å². The van der Waals surface area contributed by atoms with Crippen molar-refractivity contribution >= 4 is 27.6 Å². The summed E-state index contributed by atoms with van der Waals surface area (Å²) in [4.78, 5) is 10.4. The van der Waals surface area contributed by atoms with E-state index in [1.165, 1.54) is 0 Å². The van der Waals surface area contributed by atoms with Gasteiger partial charge in [0, 0.05) is 17.1 Å². The van der Waals surface area contributed by atoms with Crippen LogP contribution in [0.5, 0.6) is 5.75 Å². The highest BCUT2D eigenvalue weighted by Crippen LogP contribution is 2.39. The fraction of sp³-hybridized carbons (Fsp3) is 0.357. The summed E-state index contributed by atoms with van der Waals surface area (Å²) in [6, 6.07) is 0. The highest BCUT2D eigenvalue weighted by Gasteiger charge is 2.15. The highest BCUT2D eigenvalue weighted by molar-refractivity contribution is 9.10. The van der Waals surface area contributed by atoms with Crippen LogP contribution in [0.15, 0.2) is 16.6 Å². The molecule has 0 aliphatic heterocycles. The van der Waals surface area contributed by atoms with Gasteiger partial charge in [-0.25, -0.2) is 4.79 Å². The minimum absolute atomic E-state index is 0.429. The molecule has 0 fully saturated rings. The Morgan fingerprint density at radius 3 is 2.47 bits per heavy atom. The standard InChI is InChI=1S/C14H18BrNO3/c1-8-9(2)14(19-4)13(10(3)12(8)15)16-7-5-6-11(17)18/h5-6,16H,7H2,1-4H3,(H,17,18)/b6-5+. The van der Waals surface area contributed by atoms with Gasteiger partial charge < -0.3 is 15.2 Å². The van der Waals surface area contributed by atoms with Crippen LogP contribution in [0, 0.1) is 20.8 Å². The number of carbonyl (C=O) groups is 1. The van der Waals surface area contributed by atoms with Crippen LogP contribution >= 0.6 is 15.9 Å². The number of hydrogen-bond donors (Lipinski definition) is 2. The smallest absolute Gasteiger partial charge is 0.328 e. The molecule has 0 radical (unpaired) electrons. The van der Waals surface area contributed by atoms with E-state index in [4.69, 9.17) is 9.84 Å². The first-order valence-corrected chi connectivity index (χ1v) is 6.66. The summed E-state index contributed by atoms with van der Waals surface area (Å²) >= 11 is 3.57. The number of nitrogens with one attached hydrogen (secondary N) is 1. The number of anilines is 1. The van der Waals surface area contributed by atoms with Crippen molar-refractivity contribution in [3.63, 3.8) is 0 Å². The molecule has 104 valence electrons. The lowest BCUT2D eigenvalue weighted by atomic mass is 10.0. The number of aliphatic carboxylic acids is 1. The van der Waals surface area contributed by atoms with E-state index in [-0.39, 0.29) is 0 Å². The van der Waals surface area contributed by atoms with Gasteiger partial charge in [-0.15, -0.1) is 0 Å². The maximum absolute atomic E-state index is 10.4. The molecule has 0 amide bonds. The first-order valence-electron chi connectivity index (χ1n) is 5.86. The average Bonchev–Trinajstić information content (AvgIpc) is 2.37. The molecule has 0 unspecified atom stereocenters. The number of ether oxygens (including phenoxy) is 1. The fourth-order valence-electron chi connectivity index (χ4n) is 1.87. The molecule has 1 aromatic rings. The van der Waals surface area contributed by atoms with Crippen LogP contribution in [-0.2, 0) is 4.79 Å². The summed E-state index contributed by atoms with van der Waals surface area (Å²) in [7, 11) is 1.63. The molecule has 5 heteroatoms. The molecule has 0 bridgehead atoms. The Bertz CT molecular complexity index is 524. The van der Waals surface area contributed by atoms with Gasteiger partial charge in [0.2, 0.25) is 0 Å². The van der Waals surface area contributed by atoms with E-state index in [2.05, 4.69) is 21.2 Å². The maximum Gasteiger partial charge on any atom is 0.328 e. The first kappa shape index (κ1) is 15.6. The number of rotatable bonds is 5. The zero-order valence-corrected chi connectivity index (χ0v) is 13.1. The average molecular weight is 328 g/mol. The van der Waals surface area contributed by atoms with Crippen molar-refractivity contribution in [2.75, 3.05) is 19.0 Å². The van der Waals surface area contributed by atoms with Crippen LogP contribution in [0.4, 0.5) is 5.69 Å². The number of carboxylic acids is 1. The summed E-state index contributed by atoms with van der Waals surface area (Å²) in [5.41, 5.74) is 4.13. The van der Waals surface area contributed by atoms with E-state index in [1.54, 1.807) is 13.2 Å². The Morgan fingerprint density at radius 2 is 1.95 bits per heavy atom. The van der Waals surface area contributed by atoms with Crippen molar-refractivity contribution in [2.45, 2.75) is 20.8 Å². The van der Waals surface area contributed by atoms with Crippen LogP contribution in [0.1, 0.15) is 16.7 Å². The van der Waals surface area contributed by atoms with E-state index in [0.29, 0.717) is 6.54 Å². The van der Waals surface area contributed by atoms with Crippen molar-refractivity contribution in [1.82, 2.24) is 0 Å². The number of halogens is 1. The second-order valence-corrected chi connectivity index (χ2v) is 5.01. The Balaban J connectivity index is 3.09. The largest absolute Gasteiger partial charge is 0.494 e. The molecule has 4 nitrogen and oxygen atoms in total. The van der Waals surface area contributed by atoms with Gasteiger partial charge in [0.15, 0.2) is 0 Å². The van der Waals surface area contributed by atoms with Gasteiger partial charge in [-0.05, 0) is 37.5 Å². The molecule has 0 spiro atoms. The second-order valence-electron chi connectivity index (χ2n) is 4.22. The van der Waals surface area contributed by atoms with Crippen LogP contribution in [0.3, 0.4) is 0 Å². The Hall–Kier alpha value is -1.49. The number of methoxy groups -OCH3 is 1. The Labute approximate surface area is 121 Å². The van der Waals surface area contributed by atoms with Gasteiger partial charge in [0.25, 0.3) is 0 Å². The molecule has 0 saturated carbocycles. The molecular weight excluding hydrogens is 310 g/mol. The van der Waals surface area contributed by atoms with E-state index < -0.39 is 5.97 Å². The van der Waals surface area contributed by atoms with Crippen LogP contribution in [0.2, 0.25) is 0 Å². The van der Waals surface area contributed by atoms with Gasteiger partial charge in [-0.1, -0.05) is 22.0 Å². The lowest BCUT2D eigenvalue weighted by molar-refractivity contribution is -0.131. The predicted molar refractivity (Wildman–Crippen MR) is 80.2 cm³/mol. The number of carboxylic acid groups (broad SMARTS) is 1. The topological polar surface area (TPSA) is 58.6 Å². The van der Waals surface area contributed by atoms with E-state index in [9.17, 15) is 4.79 Å². The van der Waals surface area contributed by atoms with Crippen LogP contribution in [-0.4, -0.2) is 24.7 Å². The SMILES string of the molecule is COc1c(C)c(C)c(Br)c(C)c1NC/C=C/C(=O)O. The molecule has 0 atom stereocenters. The third-order valence-corrected chi connectivity index (χ3v) is 4.21. The summed E-state index contributed by atoms with van der Waals surface area (Å²) in [6.07, 6.45) is 2.68.